The molecule has 26 heavy (non-hydrogen) atoms. The second-order valence-corrected chi connectivity index (χ2v) is 6.06. The Labute approximate surface area is 153 Å². The number of methoxy groups -OCH3 is 1. The fourth-order valence-electron chi connectivity index (χ4n) is 2.68. The molecule has 1 unspecified atom stereocenters. The second kappa shape index (κ2) is 7.11. The van der Waals surface area contributed by atoms with Crippen LogP contribution in [0.5, 0.6) is 0 Å². The van der Waals surface area contributed by atoms with Crippen LogP contribution in [0.25, 0.3) is 16.9 Å². The third kappa shape index (κ3) is 3.37. The number of imidazole rings is 1. The molecule has 0 saturated heterocycles. The van der Waals surface area contributed by atoms with Crippen LogP contribution < -0.4 is 5.73 Å². The lowest BCUT2D eigenvalue weighted by atomic mass is 10.1. The van der Waals surface area contributed by atoms with E-state index in [-0.39, 0.29) is 12.1 Å². The number of pyridine rings is 1. The van der Waals surface area contributed by atoms with Gasteiger partial charge in [0.05, 0.1) is 28.4 Å². The van der Waals surface area contributed by atoms with E-state index in [1.165, 1.54) is 19.2 Å². The minimum Gasteiger partial charge on any atom is -0.468 e. The molecule has 2 heterocycles. The fraction of sp³-hybridized carbons (Fsp3) is 0.176. The van der Waals surface area contributed by atoms with Crippen molar-refractivity contribution in [1.29, 1.82) is 0 Å². The Morgan fingerprint density at radius 2 is 2.04 bits per heavy atom. The van der Waals surface area contributed by atoms with Gasteiger partial charge >= 0.3 is 5.97 Å². The molecule has 0 spiro atoms. The molecular weight excluding hydrogens is 360 g/mol. The number of hydrogen-bond acceptors (Lipinski definition) is 6. The Morgan fingerprint density at radius 3 is 2.65 bits per heavy atom. The molecule has 0 saturated carbocycles. The molecule has 0 aliphatic carbocycles. The summed E-state index contributed by atoms with van der Waals surface area (Å²) in [6, 6.07) is 8.57. The molecule has 1 aromatic carbocycles. The highest BCUT2D eigenvalue weighted by atomic mass is 35.5. The van der Waals surface area contributed by atoms with Crippen LogP contribution in [0, 0.1) is 10.1 Å². The molecule has 2 aromatic heterocycles. The summed E-state index contributed by atoms with van der Waals surface area (Å²) in [5, 5.41) is 11.3. The van der Waals surface area contributed by atoms with Crippen molar-refractivity contribution >= 4 is 28.9 Å². The summed E-state index contributed by atoms with van der Waals surface area (Å²) < 4.78 is 6.44. The monoisotopic (exact) mass is 374 g/mol. The first-order chi connectivity index (χ1) is 12.4. The van der Waals surface area contributed by atoms with E-state index in [1.54, 1.807) is 34.9 Å². The van der Waals surface area contributed by atoms with Crippen LogP contribution in [-0.4, -0.2) is 33.4 Å². The largest absolute Gasteiger partial charge is 0.468 e. The zero-order valence-electron chi connectivity index (χ0n) is 13.8. The number of hydrogen-bond donors (Lipinski definition) is 1. The zero-order valence-corrected chi connectivity index (χ0v) is 14.5. The molecule has 0 aliphatic rings. The van der Waals surface area contributed by atoms with E-state index >= 15 is 0 Å². The number of carbonyl (C=O) groups is 1. The normalized spacial score (nSPS) is 12.1. The summed E-state index contributed by atoms with van der Waals surface area (Å²) in [5.74, 6) is -0.545. The molecule has 0 radical (unpaired) electrons. The Bertz CT molecular complexity index is 984. The van der Waals surface area contributed by atoms with E-state index < -0.39 is 16.9 Å². The molecule has 0 fully saturated rings. The van der Waals surface area contributed by atoms with Gasteiger partial charge in [-0.2, -0.15) is 0 Å². The Morgan fingerprint density at radius 1 is 1.35 bits per heavy atom. The smallest absolute Gasteiger partial charge is 0.323 e. The lowest BCUT2D eigenvalue weighted by Gasteiger charge is -2.11. The van der Waals surface area contributed by atoms with E-state index in [4.69, 9.17) is 17.3 Å². The molecule has 1 atom stereocenters. The van der Waals surface area contributed by atoms with Crippen LogP contribution >= 0.6 is 11.6 Å². The van der Waals surface area contributed by atoms with Gasteiger partial charge in [-0.1, -0.05) is 11.6 Å². The maximum absolute atomic E-state index is 11.7. The van der Waals surface area contributed by atoms with Crippen LogP contribution in [0.4, 0.5) is 5.69 Å². The van der Waals surface area contributed by atoms with Crippen LogP contribution in [-0.2, 0) is 16.0 Å². The van der Waals surface area contributed by atoms with E-state index in [1.807, 2.05) is 0 Å². The number of nitro groups is 1. The molecule has 2 N–H and O–H groups in total. The van der Waals surface area contributed by atoms with Crippen LogP contribution in [0.3, 0.4) is 0 Å². The van der Waals surface area contributed by atoms with Crippen LogP contribution in [0.2, 0.25) is 5.02 Å². The molecule has 3 aromatic rings. The highest BCUT2D eigenvalue weighted by Crippen LogP contribution is 2.28. The highest BCUT2D eigenvalue weighted by Gasteiger charge is 2.22. The average Bonchev–Trinajstić information content (AvgIpc) is 2.98. The van der Waals surface area contributed by atoms with Gasteiger partial charge in [0.1, 0.15) is 11.7 Å². The second-order valence-electron chi connectivity index (χ2n) is 5.62. The van der Waals surface area contributed by atoms with Gasteiger partial charge < -0.3 is 14.9 Å². The first kappa shape index (κ1) is 17.8. The minimum atomic E-state index is -0.879. The minimum absolute atomic E-state index is 0.0200. The number of carbonyl (C=O) groups excluding carboxylic acids is 1. The van der Waals surface area contributed by atoms with Gasteiger partial charge in [0, 0.05) is 30.3 Å². The van der Waals surface area contributed by atoms with Crippen molar-refractivity contribution in [3.8, 4) is 11.3 Å². The van der Waals surface area contributed by atoms with Crippen molar-refractivity contribution in [2.45, 2.75) is 12.5 Å². The number of non-ortho nitro benzene ring substituents is 1. The summed E-state index contributed by atoms with van der Waals surface area (Å²) in [6.45, 7) is 0. The predicted octanol–water partition coefficient (Wildman–Crippen LogP) is 2.61. The Kier molecular flexibility index (Phi) is 4.88. The van der Waals surface area contributed by atoms with Crippen molar-refractivity contribution in [1.82, 2.24) is 9.38 Å². The van der Waals surface area contributed by atoms with Gasteiger partial charge in [0.25, 0.3) is 5.69 Å². The Hall–Kier alpha value is -2.97. The quantitative estimate of drug-likeness (QED) is 0.417. The summed E-state index contributed by atoms with van der Waals surface area (Å²) in [6.07, 6.45) is 1.85. The van der Waals surface area contributed by atoms with Crippen molar-refractivity contribution in [3.05, 3.63) is 63.4 Å². The van der Waals surface area contributed by atoms with Gasteiger partial charge in [-0.25, -0.2) is 4.98 Å². The lowest BCUT2D eigenvalue weighted by Crippen LogP contribution is -2.34. The number of nitrogens with zero attached hydrogens (tertiary/aromatic N) is 3. The third-order valence-electron chi connectivity index (χ3n) is 3.95. The standard InChI is InChI=1S/C17H15ClN4O4/c1-26-17(23)13(19)8-14-16(10-2-5-12(6-3-10)22(24)25)20-15-7-4-11(18)9-21(14)15/h2-7,9,13H,8,19H2,1H3. The topological polar surface area (TPSA) is 113 Å². The number of nitrogens with two attached hydrogens (primary N) is 1. The molecular formula is C17H15ClN4O4. The van der Waals surface area contributed by atoms with Gasteiger partial charge in [-0.3, -0.25) is 14.9 Å². The van der Waals surface area contributed by atoms with Crippen molar-refractivity contribution in [2.24, 2.45) is 5.73 Å². The number of aromatic nitrogens is 2. The fourth-order valence-corrected chi connectivity index (χ4v) is 2.84. The third-order valence-corrected chi connectivity index (χ3v) is 4.17. The Balaban J connectivity index is 2.12. The van der Waals surface area contributed by atoms with E-state index in [0.717, 1.165) is 0 Å². The molecule has 0 aliphatic heterocycles. The first-order valence-electron chi connectivity index (χ1n) is 7.65. The van der Waals surface area contributed by atoms with E-state index in [2.05, 4.69) is 9.72 Å². The maximum atomic E-state index is 11.7. The zero-order chi connectivity index (χ0) is 18.8. The first-order valence-corrected chi connectivity index (χ1v) is 8.03. The van der Waals surface area contributed by atoms with Gasteiger partial charge in [0.15, 0.2) is 0 Å². The number of nitro benzene ring substituents is 1. The number of ether oxygens (including phenoxy) is 1. The molecule has 0 bridgehead atoms. The summed E-state index contributed by atoms with van der Waals surface area (Å²) in [7, 11) is 1.27. The molecule has 8 nitrogen and oxygen atoms in total. The average molecular weight is 375 g/mol. The van der Waals surface area contributed by atoms with Crippen LogP contribution in [0.1, 0.15) is 5.69 Å². The van der Waals surface area contributed by atoms with Crippen molar-refractivity contribution < 1.29 is 14.5 Å². The summed E-state index contributed by atoms with van der Waals surface area (Å²) in [5.41, 5.74) is 8.42. The van der Waals surface area contributed by atoms with Gasteiger partial charge in [0.2, 0.25) is 0 Å². The molecule has 9 heteroatoms. The van der Waals surface area contributed by atoms with Gasteiger partial charge in [-0.15, -0.1) is 0 Å². The van der Waals surface area contributed by atoms with Crippen LogP contribution in [0.15, 0.2) is 42.6 Å². The number of fused-ring (bicyclic) bond motifs is 1. The van der Waals surface area contributed by atoms with Crippen molar-refractivity contribution in [2.75, 3.05) is 7.11 Å². The van der Waals surface area contributed by atoms with Gasteiger partial charge in [-0.05, 0) is 24.3 Å². The highest BCUT2D eigenvalue weighted by molar-refractivity contribution is 6.30. The van der Waals surface area contributed by atoms with E-state index in [0.29, 0.717) is 27.6 Å². The summed E-state index contributed by atoms with van der Waals surface area (Å²) >= 11 is 6.08. The van der Waals surface area contributed by atoms with E-state index in [9.17, 15) is 14.9 Å². The SMILES string of the molecule is COC(=O)C(N)Cc1c(-c2ccc([N+](=O)[O-])cc2)nc2ccc(Cl)cn12. The summed E-state index contributed by atoms with van der Waals surface area (Å²) in [4.78, 5) is 26.7. The predicted molar refractivity (Wildman–Crippen MR) is 96.0 cm³/mol. The molecule has 134 valence electrons. The number of benzene rings is 1. The number of esters is 1. The molecule has 3 rings (SSSR count). The number of rotatable bonds is 5. The molecule has 0 amide bonds. The number of halogens is 1. The van der Waals surface area contributed by atoms with Crippen molar-refractivity contribution in [3.63, 3.8) is 0 Å². The maximum Gasteiger partial charge on any atom is 0.323 e. The lowest BCUT2D eigenvalue weighted by molar-refractivity contribution is -0.384.